The Bertz CT molecular complexity index is 724. The highest BCUT2D eigenvalue weighted by Gasteiger charge is 2.18. The normalized spacial score (nSPS) is 10.0. The molecule has 1 aromatic carbocycles. The molecule has 0 N–H and O–H groups in total. The summed E-state index contributed by atoms with van der Waals surface area (Å²) in [6.45, 7) is 0.0306. The molecule has 2 aromatic rings. The fourth-order valence-corrected chi connectivity index (χ4v) is 2.04. The van der Waals surface area contributed by atoms with E-state index in [0.717, 1.165) is 5.56 Å². The van der Waals surface area contributed by atoms with Gasteiger partial charge in [-0.25, -0.2) is 9.78 Å². The molecule has 0 radical (unpaired) electrons. The maximum Gasteiger partial charge on any atom is 0.358 e. The Labute approximate surface area is 135 Å². The van der Waals surface area contributed by atoms with Gasteiger partial charge < -0.3 is 4.74 Å². The van der Waals surface area contributed by atoms with Gasteiger partial charge in [0, 0.05) is 6.20 Å². The average Bonchev–Trinajstić information content (AvgIpc) is 2.51. The highest BCUT2D eigenvalue weighted by Crippen LogP contribution is 2.31. The molecule has 4 nitrogen and oxygen atoms in total. The first-order valence-electron chi connectivity index (χ1n) is 5.68. The SMILES string of the molecule is N#Cc1ccc(COC(=O)c2ncc(Cl)c(Cl)c2Cl)cc1. The van der Waals surface area contributed by atoms with Gasteiger partial charge in [-0.15, -0.1) is 0 Å². The van der Waals surface area contributed by atoms with Crippen LogP contribution in [0.5, 0.6) is 0 Å². The van der Waals surface area contributed by atoms with Crippen molar-refractivity contribution in [1.29, 1.82) is 5.26 Å². The first-order valence-corrected chi connectivity index (χ1v) is 6.82. The number of pyridine rings is 1. The van der Waals surface area contributed by atoms with Crippen molar-refractivity contribution in [2.45, 2.75) is 6.61 Å². The molecule has 0 unspecified atom stereocenters. The fraction of sp³-hybridized carbons (Fsp3) is 0.0714. The topological polar surface area (TPSA) is 63.0 Å². The number of esters is 1. The van der Waals surface area contributed by atoms with E-state index < -0.39 is 5.97 Å². The molecule has 7 heteroatoms. The first-order chi connectivity index (χ1) is 10.0. The van der Waals surface area contributed by atoms with Crippen molar-refractivity contribution in [3.8, 4) is 6.07 Å². The molecule has 106 valence electrons. The zero-order chi connectivity index (χ0) is 15.4. The number of carbonyl (C=O) groups excluding carboxylic acids is 1. The number of nitrogens with zero attached hydrogens (tertiary/aromatic N) is 2. The Balaban J connectivity index is 2.08. The third-order valence-corrected chi connectivity index (χ3v) is 3.80. The summed E-state index contributed by atoms with van der Waals surface area (Å²) in [6.07, 6.45) is 1.23. The highest BCUT2D eigenvalue weighted by atomic mass is 35.5. The lowest BCUT2D eigenvalue weighted by Gasteiger charge is -2.07. The molecule has 1 aromatic heterocycles. The number of rotatable bonds is 3. The van der Waals surface area contributed by atoms with E-state index in [0.29, 0.717) is 5.56 Å². The van der Waals surface area contributed by atoms with Gasteiger partial charge in [0.1, 0.15) is 6.61 Å². The standard InChI is InChI=1S/C14H7Cl3N2O2/c15-10-6-19-13(12(17)11(10)16)14(20)21-7-9-3-1-8(5-18)2-4-9/h1-4,6H,7H2. The zero-order valence-corrected chi connectivity index (χ0v) is 12.7. The summed E-state index contributed by atoms with van der Waals surface area (Å²) in [6, 6.07) is 8.65. The molecule has 21 heavy (non-hydrogen) atoms. The van der Waals surface area contributed by atoms with E-state index in [1.807, 2.05) is 6.07 Å². The van der Waals surface area contributed by atoms with Crippen LogP contribution in [0.4, 0.5) is 0 Å². The summed E-state index contributed by atoms with van der Waals surface area (Å²) in [4.78, 5) is 15.7. The average molecular weight is 342 g/mol. The van der Waals surface area contributed by atoms with Crippen LogP contribution in [-0.4, -0.2) is 11.0 Å². The van der Waals surface area contributed by atoms with E-state index in [1.54, 1.807) is 24.3 Å². The second-order valence-corrected chi connectivity index (χ2v) is 5.13. The van der Waals surface area contributed by atoms with E-state index in [-0.39, 0.29) is 27.4 Å². The zero-order valence-electron chi connectivity index (χ0n) is 10.4. The Morgan fingerprint density at radius 1 is 1.19 bits per heavy atom. The van der Waals surface area contributed by atoms with Crippen molar-refractivity contribution in [1.82, 2.24) is 4.98 Å². The Hall–Kier alpha value is -1.80. The van der Waals surface area contributed by atoms with Crippen molar-refractivity contribution in [2.24, 2.45) is 0 Å². The number of nitriles is 1. The molecule has 0 spiro atoms. The third-order valence-electron chi connectivity index (χ3n) is 2.56. The Morgan fingerprint density at radius 3 is 2.48 bits per heavy atom. The lowest BCUT2D eigenvalue weighted by atomic mass is 10.2. The van der Waals surface area contributed by atoms with Crippen molar-refractivity contribution >= 4 is 40.8 Å². The maximum absolute atomic E-state index is 11.9. The van der Waals surface area contributed by atoms with Crippen LogP contribution in [-0.2, 0) is 11.3 Å². The van der Waals surface area contributed by atoms with Gasteiger partial charge in [0.2, 0.25) is 0 Å². The monoisotopic (exact) mass is 340 g/mol. The summed E-state index contributed by atoms with van der Waals surface area (Å²) < 4.78 is 5.09. The van der Waals surface area contributed by atoms with Crippen LogP contribution < -0.4 is 0 Å². The number of benzene rings is 1. The molecule has 0 aliphatic carbocycles. The molecule has 2 rings (SSSR count). The number of carbonyl (C=O) groups is 1. The molecular weight excluding hydrogens is 335 g/mol. The summed E-state index contributed by atoms with van der Waals surface area (Å²) in [5.74, 6) is -0.706. The molecule has 0 saturated carbocycles. The van der Waals surface area contributed by atoms with Gasteiger partial charge in [-0.2, -0.15) is 5.26 Å². The van der Waals surface area contributed by atoms with Gasteiger partial charge in [0.05, 0.1) is 26.7 Å². The van der Waals surface area contributed by atoms with Crippen LogP contribution in [0.25, 0.3) is 0 Å². The Kier molecular flexibility index (Phi) is 5.03. The van der Waals surface area contributed by atoms with Crippen molar-refractivity contribution in [3.63, 3.8) is 0 Å². The summed E-state index contributed by atoms with van der Waals surface area (Å²) in [5.41, 5.74) is 1.16. The number of ether oxygens (including phenoxy) is 1. The second-order valence-electron chi connectivity index (χ2n) is 3.97. The van der Waals surface area contributed by atoms with E-state index in [1.165, 1.54) is 6.20 Å². The molecule has 0 atom stereocenters. The van der Waals surface area contributed by atoms with Gasteiger partial charge >= 0.3 is 5.97 Å². The van der Waals surface area contributed by atoms with Crippen LogP contribution in [0.1, 0.15) is 21.6 Å². The summed E-state index contributed by atoms with van der Waals surface area (Å²) in [7, 11) is 0. The van der Waals surface area contributed by atoms with E-state index in [2.05, 4.69) is 4.98 Å². The van der Waals surface area contributed by atoms with Gasteiger partial charge in [-0.3, -0.25) is 0 Å². The predicted octanol–water partition coefficient (Wildman–Crippen LogP) is 4.27. The van der Waals surface area contributed by atoms with Gasteiger partial charge in [0.25, 0.3) is 0 Å². The first kappa shape index (κ1) is 15.6. The lowest BCUT2D eigenvalue weighted by Crippen LogP contribution is -2.08. The van der Waals surface area contributed by atoms with Crippen LogP contribution in [0, 0.1) is 11.3 Å². The summed E-state index contributed by atoms with van der Waals surface area (Å²) in [5, 5.41) is 8.86. The number of hydrogen-bond acceptors (Lipinski definition) is 4. The van der Waals surface area contributed by atoms with E-state index >= 15 is 0 Å². The maximum atomic E-state index is 11.9. The second kappa shape index (κ2) is 6.77. The van der Waals surface area contributed by atoms with Crippen molar-refractivity contribution in [2.75, 3.05) is 0 Å². The van der Waals surface area contributed by atoms with E-state index in [4.69, 9.17) is 44.8 Å². The minimum absolute atomic E-state index is 0.0306. The van der Waals surface area contributed by atoms with Crippen LogP contribution in [0.15, 0.2) is 30.5 Å². The predicted molar refractivity (Wildman–Crippen MR) is 79.5 cm³/mol. The fourth-order valence-electron chi connectivity index (χ4n) is 1.48. The minimum atomic E-state index is -0.706. The molecule has 0 bridgehead atoms. The molecular formula is C14H7Cl3N2O2. The minimum Gasteiger partial charge on any atom is -0.456 e. The van der Waals surface area contributed by atoms with Crippen LogP contribution >= 0.6 is 34.8 Å². The largest absolute Gasteiger partial charge is 0.456 e. The molecule has 1 heterocycles. The number of halogens is 3. The lowest BCUT2D eigenvalue weighted by molar-refractivity contribution is 0.0466. The van der Waals surface area contributed by atoms with Crippen molar-refractivity contribution in [3.05, 3.63) is 62.4 Å². The molecule has 0 saturated heterocycles. The van der Waals surface area contributed by atoms with Gasteiger partial charge in [-0.1, -0.05) is 46.9 Å². The van der Waals surface area contributed by atoms with Crippen molar-refractivity contribution < 1.29 is 9.53 Å². The summed E-state index contributed by atoms with van der Waals surface area (Å²) >= 11 is 17.5. The highest BCUT2D eigenvalue weighted by molar-refractivity contribution is 6.48. The number of hydrogen-bond donors (Lipinski definition) is 0. The Morgan fingerprint density at radius 2 is 1.86 bits per heavy atom. The quantitative estimate of drug-likeness (QED) is 0.782. The van der Waals surface area contributed by atoms with Crippen LogP contribution in [0.2, 0.25) is 15.1 Å². The van der Waals surface area contributed by atoms with Gasteiger partial charge in [-0.05, 0) is 17.7 Å². The molecule has 0 aliphatic rings. The van der Waals surface area contributed by atoms with Gasteiger partial charge in [0.15, 0.2) is 5.69 Å². The molecule has 0 amide bonds. The molecule has 0 fully saturated rings. The number of aromatic nitrogens is 1. The molecule has 0 aliphatic heterocycles. The third kappa shape index (κ3) is 3.64. The van der Waals surface area contributed by atoms with E-state index in [9.17, 15) is 4.79 Å². The smallest absolute Gasteiger partial charge is 0.358 e. The van der Waals surface area contributed by atoms with Crippen LogP contribution in [0.3, 0.4) is 0 Å².